The zero-order chi connectivity index (χ0) is 22.8. The summed E-state index contributed by atoms with van der Waals surface area (Å²) in [6.45, 7) is 3.95. The summed E-state index contributed by atoms with van der Waals surface area (Å²) < 4.78 is 16.0. The lowest BCUT2D eigenvalue weighted by molar-refractivity contribution is -0.117. The highest BCUT2D eigenvalue weighted by atomic mass is 32.1. The second-order valence-corrected chi connectivity index (χ2v) is 7.24. The molecule has 31 heavy (non-hydrogen) atoms. The maximum absolute atomic E-state index is 12.5. The molecular weight excluding hydrogens is 416 g/mol. The van der Waals surface area contributed by atoms with Crippen LogP contribution < -0.4 is 30.2 Å². The summed E-state index contributed by atoms with van der Waals surface area (Å²) in [5.74, 6) is 1.94. The standard InChI is InChI=1S/C22H28N4O4S/c1-14(2)21(26-22(31)24-18-8-6-7-11-23-18)25-19(27)10-9-15-12-16(28-3)20(30-5)17(13-15)29-4/h6-14,21H,1-5H3,(H,25,27)(H2,23,24,26,31)/b10-9+. The van der Waals surface area contributed by atoms with E-state index in [2.05, 4.69) is 20.9 Å². The molecule has 0 fully saturated rings. The third-order valence-corrected chi connectivity index (χ3v) is 4.49. The normalized spacial score (nSPS) is 11.7. The molecule has 0 bridgehead atoms. The zero-order valence-electron chi connectivity index (χ0n) is 18.3. The molecule has 0 aliphatic heterocycles. The van der Waals surface area contributed by atoms with E-state index in [4.69, 9.17) is 26.4 Å². The predicted molar refractivity (Wildman–Crippen MR) is 125 cm³/mol. The largest absolute Gasteiger partial charge is 0.493 e. The number of hydrogen-bond acceptors (Lipinski definition) is 6. The van der Waals surface area contributed by atoms with Crippen molar-refractivity contribution in [3.63, 3.8) is 0 Å². The summed E-state index contributed by atoms with van der Waals surface area (Å²) in [6.07, 6.45) is 4.40. The van der Waals surface area contributed by atoms with E-state index in [9.17, 15) is 4.79 Å². The monoisotopic (exact) mass is 444 g/mol. The van der Waals surface area contributed by atoms with Crippen LogP contribution in [-0.4, -0.2) is 43.5 Å². The number of nitrogens with one attached hydrogen (secondary N) is 3. The number of ether oxygens (including phenoxy) is 3. The van der Waals surface area contributed by atoms with Crippen LogP contribution in [0.2, 0.25) is 0 Å². The first-order valence-electron chi connectivity index (χ1n) is 9.65. The maximum atomic E-state index is 12.5. The molecule has 0 aliphatic rings. The van der Waals surface area contributed by atoms with Crippen LogP contribution in [0.4, 0.5) is 5.82 Å². The number of rotatable bonds is 9. The quantitative estimate of drug-likeness (QED) is 0.308. The fourth-order valence-corrected chi connectivity index (χ4v) is 2.90. The Hall–Kier alpha value is -3.33. The number of carbonyl (C=O) groups is 1. The Labute approximate surface area is 188 Å². The van der Waals surface area contributed by atoms with Crippen LogP contribution in [0.25, 0.3) is 6.08 Å². The summed E-state index contributed by atoms with van der Waals surface area (Å²) in [7, 11) is 4.62. The van der Waals surface area contributed by atoms with Crippen molar-refractivity contribution < 1.29 is 19.0 Å². The van der Waals surface area contributed by atoms with E-state index in [1.54, 1.807) is 30.5 Å². The van der Waals surface area contributed by atoms with E-state index < -0.39 is 0 Å². The molecule has 0 radical (unpaired) electrons. The van der Waals surface area contributed by atoms with E-state index in [0.29, 0.717) is 28.2 Å². The molecule has 0 spiro atoms. The van der Waals surface area contributed by atoms with Gasteiger partial charge in [0.1, 0.15) is 12.0 Å². The number of amides is 1. The van der Waals surface area contributed by atoms with Gasteiger partial charge in [-0.25, -0.2) is 4.98 Å². The van der Waals surface area contributed by atoms with E-state index in [1.165, 1.54) is 27.4 Å². The Bertz CT molecular complexity index is 894. The first kappa shape index (κ1) is 23.9. The third-order valence-electron chi connectivity index (χ3n) is 4.27. The Kier molecular flexibility index (Phi) is 9.08. The smallest absolute Gasteiger partial charge is 0.245 e. The van der Waals surface area contributed by atoms with Crippen molar-refractivity contribution in [3.05, 3.63) is 48.2 Å². The lowest BCUT2D eigenvalue weighted by atomic mass is 10.1. The van der Waals surface area contributed by atoms with E-state index in [-0.39, 0.29) is 18.0 Å². The van der Waals surface area contributed by atoms with Crippen molar-refractivity contribution in [2.45, 2.75) is 20.0 Å². The molecule has 1 aromatic heterocycles. The van der Waals surface area contributed by atoms with Crippen molar-refractivity contribution >= 4 is 35.1 Å². The van der Waals surface area contributed by atoms with Crippen molar-refractivity contribution in [2.24, 2.45) is 5.92 Å². The van der Waals surface area contributed by atoms with Gasteiger partial charge in [-0.15, -0.1) is 0 Å². The molecule has 2 aromatic rings. The summed E-state index contributed by atoms with van der Waals surface area (Å²) in [5, 5.41) is 9.38. The molecule has 0 aliphatic carbocycles. The highest BCUT2D eigenvalue weighted by Crippen LogP contribution is 2.38. The molecule has 0 saturated carbocycles. The molecule has 8 nitrogen and oxygen atoms in total. The van der Waals surface area contributed by atoms with E-state index in [0.717, 1.165) is 5.56 Å². The van der Waals surface area contributed by atoms with Gasteiger partial charge in [-0.3, -0.25) is 4.79 Å². The van der Waals surface area contributed by atoms with Crippen LogP contribution in [-0.2, 0) is 4.79 Å². The Balaban J connectivity index is 2.04. The number of benzene rings is 1. The Morgan fingerprint density at radius 2 is 1.74 bits per heavy atom. The molecule has 1 heterocycles. The summed E-state index contributed by atoms with van der Waals surface area (Å²) in [5.41, 5.74) is 0.728. The highest BCUT2D eigenvalue weighted by molar-refractivity contribution is 7.80. The minimum absolute atomic E-state index is 0.0852. The first-order chi connectivity index (χ1) is 14.9. The SMILES string of the molecule is COc1cc(/C=C/C(=O)NC(NC(=S)Nc2ccccn2)C(C)C)cc(OC)c1OC. The average molecular weight is 445 g/mol. The molecule has 1 unspecified atom stereocenters. The number of hydrogen-bond donors (Lipinski definition) is 3. The van der Waals surface area contributed by atoms with Crippen molar-refractivity contribution in [1.82, 2.24) is 15.6 Å². The second-order valence-electron chi connectivity index (χ2n) is 6.84. The van der Waals surface area contributed by atoms with Crippen LogP contribution in [0, 0.1) is 5.92 Å². The van der Waals surface area contributed by atoms with E-state index >= 15 is 0 Å². The van der Waals surface area contributed by atoms with Gasteiger partial charge in [-0.2, -0.15) is 0 Å². The van der Waals surface area contributed by atoms with Gasteiger partial charge < -0.3 is 30.2 Å². The van der Waals surface area contributed by atoms with Gasteiger partial charge in [0.25, 0.3) is 0 Å². The first-order valence-corrected chi connectivity index (χ1v) is 10.1. The summed E-state index contributed by atoms with van der Waals surface area (Å²) >= 11 is 5.33. The van der Waals surface area contributed by atoms with Gasteiger partial charge in [-0.1, -0.05) is 19.9 Å². The topological polar surface area (TPSA) is 93.7 Å². The molecule has 0 saturated heterocycles. The van der Waals surface area contributed by atoms with E-state index in [1.807, 2.05) is 26.0 Å². The molecule has 1 atom stereocenters. The van der Waals surface area contributed by atoms with Gasteiger partial charge in [-0.05, 0) is 54.0 Å². The van der Waals surface area contributed by atoms with Gasteiger partial charge >= 0.3 is 0 Å². The molecule has 166 valence electrons. The van der Waals surface area contributed by atoms with Crippen molar-refractivity contribution in [2.75, 3.05) is 26.6 Å². The van der Waals surface area contributed by atoms with Gasteiger partial charge in [0.05, 0.1) is 21.3 Å². The number of anilines is 1. The number of thiocarbonyl (C=S) groups is 1. The van der Waals surface area contributed by atoms with Crippen LogP contribution in [0.3, 0.4) is 0 Å². The fraction of sp³-hybridized carbons (Fsp3) is 0.318. The van der Waals surface area contributed by atoms with Gasteiger partial charge in [0, 0.05) is 12.3 Å². The summed E-state index contributed by atoms with van der Waals surface area (Å²) in [4.78, 5) is 16.7. The molecular formula is C22H28N4O4S. The molecule has 1 aromatic carbocycles. The molecule has 3 N–H and O–H groups in total. The number of aromatic nitrogens is 1. The lowest BCUT2D eigenvalue weighted by Crippen LogP contribution is -2.51. The number of methoxy groups -OCH3 is 3. The van der Waals surface area contributed by atoms with Gasteiger partial charge in [0.2, 0.25) is 11.7 Å². The summed E-state index contributed by atoms with van der Waals surface area (Å²) in [6, 6.07) is 8.99. The van der Waals surface area contributed by atoms with Crippen LogP contribution >= 0.6 is 12.2 Å². The van der Waals surface area contributed by atoms with Crippen LogP contribution in [0.1, 0.15) is 19.4 Å². The minimum atomic E-state index is -0.374. The Morgan fingerprint density at radius 3 is 2.26 bits per heavy atom. The fourth-order valence-electron chi connectivity index (χ4n) is 2.67. The highest BCUT2D eigenvalue weighted by Gasteiger charge is 2.17. The maximum Gasteiger partial charge on any atom is 0.245 e. The molecule has 2 rings (SSSR count). The number of pyridine rings is 1. The van der Waals surface area contributed by atoms with Crippen LogP contribution in [0.15, 0.2) is 42.6 Å². The number of nitrogens with zero attached hydrogens (tertiary/aromatic N) is 1. The molecule has 1 amide bonds. The average Bonchev–Trinajstić information content (AvgIpc) is 2.76. The Morgan fingerprint density at radius 1 is 1.06 bits per heavy atom. The van der Waals surface area contributed by atoms with Crippen molar-refractivity contribution in [1.29, 1.82) is 0 Å². The second kappa shape index (κ2) is 11.8. The van der Waals surface area contributed by atoms with Crippen molar-refractivity contribution in [3.8, 4) is 17.2 Å². The number of carbonyl (C=O) groups excluding carboxylic acids is 1. The third kappa shape index (κ3) is 7.14. The van der Waals surface area contributed by atoms with Crippen LogP contribution in [0.5, 0.6) is 17.2 Å². The zero-order valence-corrected chi connectivity index (χ0v) is 19.1. The molecule has 9 heteroatoms. The lowest BCUT2D eigenvalue weighted by Gasteiger charge is -2.24. The minimum Gasteiger partial charge on any atom is -0.493 e. The predicted octanol–water partition coefficient (Wildman–Crippen LogP) is 3.21. The van der Waals surface area contributed by atoms with Gasteiger partial charge in [0.15, 0.2) is 16.6 Å².